The molecule has 0 saturated carbocycles. The summed E-state index contributed by atoms with van der Waals surface area (Å²) in [6.45, 7) is 0.498. The van der Waals surface area contributed by atoms with Crippen LogP contribution in [0.5, 0.6) is 0 Å². The molecule has 4 nitrogen and oxygen atoms in total. The van der Waals surface area contributed by atoms with Gasteiger partial charge in [0.2, 0.25) is 6.20 Å². The molecule has 0 amide bonds. The molecule has 2 rings (SSSR count). The van der Waals surface area contributed by atoms with Gasteiger partial charge in [0.15, 0.2) is 6.20 Å². The zero-order chi connectivity index (χ0) is 9.26. The van der Waals surface area contributed by atoms with E-state index in [9.17, 15) is 5.21 Å². The van der Waals surface area contributed by atoms with Crippen molar-refractivity contribution in [2.45, 2.75) is 6.61 Å². The van der Waals surface area contributed by atoms with Crippen molar-refractivity contribution in [2.24, 2.45) is 0 Å². The van der Waals surface area contributed by atoms with Crippen LogP contribution in [0, 0.1) is 5.21 Å². The highest BCUT2D eigenvalue weighted by atomic mass is 32.1. The highest BCUT2D eigenvalue weighted by Gasteiger charge is 2.05. The topological polar surface area (TPSA) is 49.1 Å². The summed E-state index contributed by atoms with van der Waals surface area (Å²) in [4.78, 5) is 4.24. The van der Waals surface area contributed by atoms with Crippen LogP contribution < -0.4 is 4.73 Å². The van der Waals surface area contributed by atoms with E-state index in [-0.39, 0.29) is 0 Å². The summed E-state index contributed by atoms with van der Waals surface area (Å²) in [5.41, 5.74) is 0.731. The van der Waals surface area contributed by atoms with Gasteiger partial charge in [-0.3, -0.25) is 0 Å². The molecule has 0 fully saturated rings. The SMILES string of the molecule is COCc1nc2c[n+]([O-])ccc2s1. The summed E-state index contributed by atoms with van der Waals surface area (Å²) >= 11 is 1.54. The third kappa shape index (κ3) is 1.61. The lowest BCUT2D eigenvalue weighted by Crippen LogP contribution is -2.23. The minimum atomic E-state index is 0.498. The number of hydrogen-bond acceptors (Lipinski definition) is 4. The average Bonchev–Trinajstić information content (AvgIpc) is 2.46. The van der Waals surface area contributed by atoms with E-state index in [2.05, 4.69) is 4.98 Å². The molecule has 0 unspecified atom stereocenters. The molecule has 0 radical (unpaired) electrons. The molecule has 0 atom stereocenters. The Hall–Kier alpha value is -1.20. The standard InChI is InChI=1S/C8H8N2O2S/c1-12-5-8-9-6-4-10(11)3-2-7(6)13-8/h2-4H,5H2,1H3. The summed E-state index contributed by atoms with van der Waals surface area (Å²) in [6, 6.07) is 1.76. The number of nitrogens with zero attached hydrogens (tertiary/aromatic N) is 2. The first-order valence-corrected chi connectivity index (χ1v) is 4.58. The summed E-state index contributed by atoms with van der Waals surface area (Å²) < 4.78 is 6.71. The minimum Gasteiger partial charge on any atom is -0.619 e. The molecule has 0 N–H and O–H groups in total. The monoisotopic (exact) mass is 196 g/mol. The number of ether oxygens (including phenoxy) is 1. The quantitative estimate of drug-likeness (QED) is 0.533. The lowest BCUT2D eigenvalue weighted by molar-refractivity contribution is -0.603. The maximum Gasteiger partial charge on any atom is 0.207 e. The van der Waals surface area contributed by atoms with Crippen LogP contribution in [0.15, 0.2) is 18.5 Å². The predicted octanol–water partition coefficient (Wildman–Crippen LogP) is 1.08. The predicted molar refractivity (Wildman–Crippen MR) is 49.3 cm³/mol. The highest BCUT2D eigenvalue weighted by molar-refractivity contribution is 7.18. The first-order valence-electron chi connectivity index (χ1n) is 3.77. The maximum absolute atomic E-state index is 10.9. The van der Waals surface area contributed by atoms with E-state index < -0.39 is 0 Å². The molecule has 0 aliphatic carbocycles. The second-order valence-electron chi connectivity index (χ2n) is 2.59. The van der Waals surface area contributed by atoms with E-state index in [4.69, 9.17) is 4.74 Å². The first kappa shape index (κ1) is 8.40. The molecule has 2 heterocycles. The lowest BCUT2D eigenvalue weighted by atomic mass is 10.4. The highest BCUT2D eigenvalue weighted by Crippen LogP contribution is 2.20. The van der Waals surface area contributed by atoms with Crippen LogP contribution in [0.1, 0.15) is 5.01 Å². The summed E-state index contributed by atoms with van der Waals surface area (Å²) in [7, 11) is 1.62. The van der Waals surface area contributed by atoms with Crippen molar-refractivity contribution in [3.63, 3.8) is 0 Å². The van der Waals surface area contributed by atoms with Gasteiger partial charge in [-0.15, -0.1) is 11.3 Å². The van der Waals surface area contributed by atoms with Crippen molar-refractivity contribution in [3.8, 4) is 0 Å². The van der Waals surface area contributed by atoms with Gasteiger partial charge in [-0.05, 0) is 0 Å². The number of fused-ring (bicyclic) bond motifs is 1. The van der Waals surface area contributed by atoms with E-state index in [0.717, 1.165) is 20.0 Å². The Morgan fingerprint density at radius 1 is 1.69 bits per heavy atom. The van der Waals surface area contributed by atoms with Crippen molar-refractivity contribution in [2.75, 3.05) is 7.11 Å². The Balaban J connectivity index is 2.49. The fraction of sp³-hybridized carbons (Fsp3) is 0.250. The van der Waals surface area contributed by atoms with Gasteiger partial charge in [0.05, 0.1) is 11.3 Å². The average molecular weight is 196 g/mol. The normalized spacial score (nSPS) is 10.8. The van der Waals surface area contributed by atoms with E-state index in [1.165, 1.54) is 12.4 Å². The molecule has 0 aromatic carbocycles. The van der Waals surface area contributed by atoms with Gasteiger partial charge in [0, 0.05) is 13.2 Å². The van der Waals surface area contributed by atoms with Crippen LogP contribution in [-0.2, 0) is 11.3 Å². The Labute approximate surface area is 79.0 Å². The number of rotatable bonds is 2. The summed E-state index contributed by atoms with van der Waals surface area (Å²) in [5.74, 6) is 0. The molecular formula is C8H8N2O2S. The molecule has 13 heavy (non-hydrogen) atoms. The van der Waals surface area contributed by atoms with Crippen LogP contribution in [-0.4, -0.2) is 12.1 Å². The largest absolute Gasteiger partial charge is 0.619 e. The van der Waals surface area contributed by atoms with Gasteiger partial charge in [-0.1, -0.05) is 0 Å². The Morgan fingerprint density at radius 3 is 3.31 bits per heavy atom. The number of hydrogen-bond donors (Lipinski definition) is 0. The van der Waals surface area contributed by atoms with Gasteiger partial charge in [0.1, 0.15) is 10.5 Å². The number of pyridine rings is 1. The third-order valence-electron chi connectivity index (χ3n) is 1.62. The van der Waals surface area contributed by atoms with E-state index >= 15 is 0 Å². The van der Waals surface area contributed by atoms with Crippen LogP contribution >= 0.6 is 11.3 Å². The molecule has 68 valence electrons. The Morgan fingerprint density at radius 2 is 2.54 bits per heavy atom. The van der Waals surface area contributed by atoms with Crippen LogP contribution in [0.4, 0.5) is 0 Å². The third-order valence-corrected chi connectivity index (χ3v) is 2.63. The van der Waals surface area contributed by atoms with Gasteiger partial charge in [-0.2, -0.15) is 4.73 Å². The number of thiazole rings is 1. The maximum atomic E-state index is 10.9. The molecule has 5 heteroatoms. The molecule has 2 aromatic heterocycles. The van der Waals surface area contributed by atoms with Crippen LogP contribution in [0.25, 0.3) is 10.2 Å². The van der Waals surface area contributed by atoms with E-state index in [1.54, 1.807) is 24.5 Å². The van der Waals surface area contributed by atoms with E-state index in [1.807, 2.05) is 0 Å². The first-order chi connectivity index (χ1) is 6.29. The Kier molecular flexibility index (Phi) is 2.12. The van der Waals surface area contributed by atoms with Gasteiger partial charge < -0.3 is 9.94 Å². The van der Waals surface area contributed by atoms with Crippen molar-refractivity contribution < 1.29 is 9.47 Å². The minimum absolute atomic E-state index is 0.498. The van der Waals surface area contributed by atoms with Gasteiger partial charge >= 0.3 is 0 Å². The molecular weight excluding hydrogens is 188 g/mol. The second kappa shape index (κ2) is 3.27. The zero-order valence-corrected chi connectivity index (χ0v) is 7.87. The van der Waals surface area contributed by atoms with Crippen LogP contribution in [0.3, 0.4) is 0 Å². The van der Waals surface area contributed by atoms with Gasteiger partial charge in [-0.25, -0.2) is 4.98 Å². The molecule has 2 aromatic rings. The smallest absolute Gasteiger partial charge is 0.207 e. The van der Waals surface area contributed by atoms with Gasteiger partial charge in [0.25, 0.3) is 0 Å². The number of methoxy groups -OCH3 is 1. The number of aromatic nitrogens is 2. The van der Waals surface area contributed by atoms with Crippen molar-refractivity contribution in [1.29, 1.82) is 0 Å². The van der Waals surface area contributed by atoms with Crippen molar-refractivity contribution in [1.82, 2.24) is 4.98 Å². The fourth-order valence-corrected chi connectivity index (χ4v) is 2.00. The Bertz CT molecular complexity index is 427. The van der Waals surface area contributed by atoms with Crippen molar-refractivity contribution >= 4 is 21.6 Å². The fourth-order valence-electron chi connectivity index (χ4n) is 1.09. The van der Waals surface area contributed by atoms with E-state index in [0.29, 0.717) is 6.61 Å². The lowest BCUT2D eigenvalue weighted by Gasteiger charge is -1.91. The molecule has 0 spiro atoms. The molecule has 0 aliphatic rings. The van der Waals surface area contributed by atoms with Crippen LogP contribution in [0.2, 0.25) is 0 Å². The van der Waals surface area contributed by atoms with Crippen molar-refractivity contribution in [3.05, 3.63) is 28.7 Å². The molecule has 0 bridgehead atoms. The second-order valence-corrected chi connectivity index (χ2v) is 3.71. The summed E-state index contributed by atoms with van der Waals surface area (Å²) in [5, 5.41) is 11.8. The summed E-state index contributed by atoms with van der Waals surface area (Å²) in [6.07, 6.45) is 2.93. The zero-order valence-electron chi connectivity index (χ0n) is 7.06. The molecule has 0 aliphatic heterocycles. The molecule has 0 saturated heterocycles.